The van der Waals surface area contributed by atoms with E-state index in [2.05, 4.69) is 15.9 Å². The summed E-state index contributed by atoms with van der Waals surface area (Å²) in [4.78, 5) is 13.2. The third-order valence-corrected chi connectivity index (χ3v) is 3.52. The number of aliphatic hydroxyl groups is 1. The van der Waals surface area contributed by atoms with Crippen LogP contribution in [0.5, 0.6) is 0 Å². The van der Waals surface area contributed by atoms with Crippen molar-refractivity contribution in [2.24, 2.45) is 0 Å². The molecule has 1 aliphatic heterocycles. The Morgan fingerprint density at radius 2 is 2.27 bits per heavy atom. The van der Waals surface area contributed by atoms with Crippen molar-refractivity contribution < 1.29 is 9.90 Å². The van der Waals surface area contributed by atoms with Gasteiger partial charge < -0.3 is 10.0 Å². The van der Waals surface area contributed by atoms with E-state index in [1.807, 2.05) is 25.1 Å². The summed E-state index contributed by atoms with van der Waals surface area (Å²) in [6, 6.07) is 5.75. The van der Waals surface area contributed by atoms with Crippen molar-refractivity contribution >= 4 is 27.5 Å². The molecule has 1 saturated heterocycles. The molecule has 0 bridgehead atoms. The van der Waals surface area contributed by atoms with Gasteiger partial charge in [-0.2, -0.15) is 0 Å². The minimum Gasteiger partial charge on any atom is -0.383 e. The summed E-state index contributed by atoms with van der Waals surface area (Å²) < 4.78 is 1.03. The molecular formula is C11H12BrNO2. The van der Waals surface area contributed by atoms with Crippen LogP contribution >= 0.6 is 15.9 Å². The van der Waals surface area contributed by atoms with Gasteiger partial charge in [-0.25, -0.2) is 0 Å². The molecule has 1 fully saturated rings. The fourth-order valence-electron chi connectivity index (χ4n) is 1.72. The minimum atomic E-state index is -0.825. The summed E-state index contributed by atoms with van der Waals surface area (Å²) in [5, 5.41) is 9.35. The minimum absolute atomic E-state index is 0.197. The van der Waals surface area contributed by atoms with Gasteiger partial charge in [0.25, 0.3) is 5.91 Å². The highest BCUT2D eigenvalue weighted by molar-refractivity contribution is 9.10. The van der Waals surface area contributed by atoms with Gasteiger partial charge >= 0.3 is 0 Å². The van der Waals surface area contributed by atoms with Crippen LogP contribution in [0.4, 0.5) is 5.69 Å². The number of aryl methyl sites for hydroxylation is 1. The van der Waals surface area contributed by atoms with Crippen LogP contribution in [-0.2, 0) is 4.79 Å². The fourth-order valence-corrected chi connectivity index (χ4v) is 1.96. The number of hydrogen-bond acceptors (Lipinski definition) is 2. The van der Waals surface area contributed by atoms with E-state index in [4.69, 9.17) is 0 Å². The molecule has 1 heterocycles. The quantitative estimate of drug-likeness (QED) is 0.846. The summed E-state index contributed by atoms with van der Waals surface area (Å²) in [6.45, 7) is 2.58. The standard InChI is InChI=1S/C11H12BrNO2/c1-7-6-8(2-3-9(7)12)13-5-4-10(14)11(13)15/h2-3,6,10,14H,4-5H2,1H3. The largest absolute Gasteiger partial charge is 0.383 e. The summed E-state index contributed by atoms with van der Waals surface area (Å²) >= 11 is 3.41. The van der Waals surface area contributed by atoms with Gasteiger partial charge in [-0.15, -0.1) is 0 Å². The molecule has 1 N–H and O–H groups in total. The first-order valence-electron chi connectivity index (χ1n) is 4.85. The van der Waals surface area contributed by atoms with E-state index in [-0.39, 0.29) is 5.91 Å². The Hall–Kier alpha value is -0.870. The number of carbonyl (C=O) groups excluding carboxylic acids is 1. The predicted molar refractivity (Wildman–Crippen MR) is 61.9 cm³/mol. The summed E-state index contributed by atoms with van der Waals surface area (Å²) in [6.07, 6.45) is -0.303. The van der Waals surface area contributed by atoms with Crippen molar-refractivity contribution in [1.82, 2.24) is 0 Å². The molecule has 80 valence electrons. The van der Waals surface area contributed by atoms with Gasteiger partial charge in [0, 0.05) is 23.1 Å². The smallest absolute Gasteiger partial charge is 0.255 e. The van der Waals surface area contributed by atoms with Crippen LogP contribution in [0.3, 0.4) is 0 Å². The third-order valence-electron chi connectivity index (χ3n) is 2.63. The Labute approximate surface area is 96.8 Å². The van der Waals surface area contributed by atoms with Crippen molar-refractivity contribution in [1.29, 1.82) is 0 Å². The first-order valence-corrected chi connectivity index (χ1v) is 5.64. The molecule has 1 aromatic rings. The summed E-state index contributed by atoms with van der Waals surface area (Å²) in [7, 11) is 0. The molecule has 3 nitrogen and oxygen atoms in total. The highest BCUT2D eigenvalue weighted by atomic mass is 79.9. The van der Waals surface area contributed by atoms with Gasteiger partial charge in [-0.3, -0.25) is 4.79 Å². The van der Waals surface area contributed by atoms with Crippen molar-refractivity contribution in [2.75, 3.05) is 11.4 Å². The molecule has 15 heavy (non-hydrogen) atoms. The van der Waals surface area contributed by atoms with Gasteiger partial charge in [-0.05, 0) is 30.7 Å². The second kappa shape index (κ2) is 3.94. The zero-order chi connectivity index (χ0) is 11.0. The lowest BCUT2D eigenvalue weighted by atomic mass is 10.2. The lowest BCUT2D eigenvalue weighted by molar-refractivity contribution is -0.123. The normalized spacial score (nSPS) is 21.1. The van der Waals surface area contributed by atoms with Crippen LogP contribution in [0.2, 0.25) is 0 Å². The number of amides is 1. The number of halogens is 1. The molecule has 1 atom stereocenters. The Balaban J connectivity index is 2.31. The third kappa shape index (κ3) is 1.92. The molecule has 0 aliphatic carbocycles. The van der Waals surface area contributed by atoms with Crippen LogP contribution in [-0.4, -0.2) is 23.7 Å². The highest BCUT2D eigenvalue weighted by Crippen LogP contribution is 2.26. The molecule has 1 amide bonds. The number of benzene rings is 1. The zero-order valence-corrected chi connectivity index (χ0v) is 9.99. The van der Waals surface area contributed by atoms with E-state index in [9.17, 15) is 9.90 Å². The average Bonchev–Trinajstić information content (AvgIpc) is 2.53. The molecule has 1 unspecified atom stereocenters. The number of hydrogen-bond donors (Lipinski definition) is 1. The second-order valence-electron chi connectivity index (χ2n) is 3.73. The maximum atomic E-state index is 11.6. The van der Waals surface area contributed by atoms with Crippen LogP contribution in [0.15, 0.2) is 22.7 Å². The van der Waals surface area contributed by atoms with Crippen molar-refractivity contribution in [3.63, 3.8) is 0 Å². The molecule has 4 heteroatoms. The van der Waals surface area contributed by atoms with Gasteiger partial charge in [0.05, 0.1) is 0 Å². The second-order valence-corrected chi connectivity index (χ2v) is 4.58. The molecule has 1 aromatic carbocycles. The van der Waals surface area contributed by atoms with Crippen LogP contribution in [0.1, 0.15) is 12.0 Å². The number of anilines is 1. The van der Waals surface area contributed by atoms with Gasteiger partial charge in [0.1, 0.15) is 6.10 Å². The Bertz CT molecular complexity index is 406. The van der Waals surface area contributed by atoms with Crippen LogP contribution < -0.4 is 4.90 Å². The molecule has 1 aliphatic rings. The zero-order valence-electron chi connectivity index (χ0n) is 8.40. The van der Waals surface area contributed by atoms with Crippen molar-refractivity contribution in [2.45, 2.75) is 19.4 Å². The van der Waals surface area contributed by atoms with Crippen molar-refractivity contribution in [3.8, 4) is 0 Å². The van der Waals surface area contributed by atoms with Gasteiger partial charge in [0.2, 0.25) is 0 Å². The SMILES string of the molecule is Cc1cc(N2CCC(O)C2=O)ccc1Br. The van der Waals surface area contributed by atoms with E-state index in [1.54, 1.807) is 4.90 Å². The molecule has 0 aromatic heterocycles. The van der Waals surface area contributed by atoms with Gasteiger partial charge in [-0.1, -0.05) is 15.9 Å². The Morgan fingerprint density at radius 1 is 1.53 bits per heavy atom. The Kier molecular flexibility index (Phi) is 2.80. The number of nitrogens with zero attached hydrogens (tertiary/aromatic N) is 1. The molecular weight excluding hydrogens is 258 g/mol. The maximum absolute atomic E-state index is 11.6. The first-order chi connectivity index (χ1) is 7.09. The van der Waals surface area contributed by atoms with Crippen LogP contribution in [0, 0.1) is 6.92 Å². The first kappa shape index (κ1) is 10.6. The monoisotopic (exact) mass is 269 g/mol. The van der Waals surface area contributed by atoms with Crippen LogP contribution in [0.25, 0.3) is 0 Å². The highest BCUT2D eigenvalue weighted by Gasteiger charge is 2.30. The summed E-state index contributed by atoms with van der Waals surface area (Å²) in [5.41, 5.74) is 1.94. The molecule has 0 saturated carbocycles. The van der Waals surface area contributed by atoms with E-state index in [1.165, 1.54) is 0 Å². The lowest BCUT2D eigenvalue weighted by Gasteiger charge is -2.16. The fraction of sp³-hybridized carbons (Fsp3) is 0.364. The predicted octanol–water partition coefficient (Wildman–Crippen LogP) is 1.86. The topological polar surface area (TPSA) is 40.5 Å². The number of carbonyl (C=O) groups is 1. The average molecular weight is 270 g/mol. The lowest BCUT2D eigenvalue weighted by Crippen LogP contribution is -2.29. The number of aliphatic hydroxyl groups excluding tert-OH is 1. The van der Waals surface area contributed by atoms with Crippen molar-refractivity contribution in [3.05, 3.63) is 28.2 Å². The van der Waals surface area contributed by atoms with Gasteiger partial charge in [0.15, 0.2) is 0 Å². The molecule has 0 spiro atoms. The van der Waals surface area contributed by atoms with E-state index in [0.29, 0.717) is 13.0 Å². The molecule has 2 rings (SSSR count). The van der Waals surface area contributed by atoms with E-state index >= 15 is 0 Å². The van der Waals surface area contributed by atoms with E-state index in [0.717, 1.165) is 15.7 Å². The molecule has 0 radical (unpaired) electrons. The van der Waals surface area contributed by atoms with E-state index < -0.39 is 6.10 Å². The Morgan fingerprint density at radius 3 is 2.80 bits per heavy atom. The summed E-state index contributed by atoms with van der Waals surface area (Å²) in [5.74, 6) is -0.197. The number of rotatable bonds is 1. The maximum Gasteiger partial charge on any atom is 0.255 e.